The normalized spacial score (nSPS) is 12.2. The molecule has 1 aromatic carbocycles. The molecule has 1 N–H and O–H groups in total. The number of likely N-dealkylation sites (N-methyl/N-ethyl adjacent to an activating group) is 1. The predicted molar refractivity (Wildman–Crippen MR) is 73.5 cm³/mol. The maximum Gasteiger partial charge on any atom is 0.222 e. The maximum absolute atomic E-state index is 11.8. The second-order valence-electron chi connectivity index (χ2n) is 4.79. The first-order chi connectivity index (χ1) is 8.52. The summed E-state index contributed by atoms with van der Waals surface area (Å²) in [6, 6.07) is 8.39. The molecule has 0 saturated heterocycles. The minimum Gasteiger partial charge on any atom is -0.392 e. The molecule has 0 aliphatic carbocycles. The van der Waals surface area contributed by atoms with Crippen molar-refractivity contribution in [2.75, 3.05) is 13.6 Å². The molecule has 1 rings (SSSR count). The zero-order valence-electron chi connectivity index (χ0n) is 11.5. The van der Waals surface area contributed by atoms with Gasteiger partial charge in [0.15, 0.2) is 0 Å². The van der Waals surface area contributed by atoms with Crippen LogP contribution in [0, 0.1) is 0 Å². The molecule has 0 spiro atoms. The van der Waals surface area contributed by atoms with E-state index in [9.17, 15) is 9.90 Å². The molecule has 0 heterocycles. The molecule has 0 bridgehead atoms. The van der Waals surface area contributed by atoms with Gasteiger partial charge in [-0.15, -0.1) is 0 Å². The Morgan fingerprint density at radius 3 is 2.33 bits per heavy atom. The Morgan fingerprint density at radius 2 is 1.83 bits per heavy atom. The number of carbonyl (C=O) groups excluding carboxylic acids is 1. The molecule has 0 aliphatic heterocycles. The minimum absolute atomic E-state index is 0.0791. The van der Waals surface area contributed by atoms with E-state index in [0.29, 0.717) is 13.0 Å². The van der Waals surface area contributed by atoms with Crippen LogP contribution in [0.3, 0.4) is 0 Å². The Balaban J connectivity index is 2.41. The molecule has 1 aromatic rings. The third kappa shape index (κ3) is 4.88. The monoisotopic (exact) mass is 249 g/mol. The Bertz CT molecular complexity index is 371. The number of nitrogens with zero attached hydrogens (tertiary/aromatic N) is 1. The van der Waals surface area contributed by atoms with E-state index in [-0.39, 0.29) is 5.91 Å². The molecule has 1 unspecified atom stereocenters. The van der Waals surface area contributed by atoms with Crippen LogP contribution in [-0.4, -0.2) is 35.6 Å². The standard InChI is InChI=1S/C15H23NO2/c1-4-13-5-7-14(8-6-13)9-10-15(18)16(3)11-12(2)17/h5-8,12,17H,4,9-11H2,1-3H3. The highest BCUT2D eigenvalue weighted by atomic mass is 16.3. The summed E-state index contributed by atoms with van der Waals surface area (Å²) in [5.41, 5.74) is 2.50. The predicted octanol–water partition coefficient (Wildman–Crippen LogP) is 2.02. The topological polar surface area (TPSA) is 40.5 Å². The van der Waals surface area contributed by atoms with Gasteiger partial charge >= 0.3 is 0 Å². The molecule has 1 atom stereocenters. The Kier molecular flexibility index (Phi) is 5.86. The summed E-state index contributed by atoms with van der Waals surface area (Å²) < 4.78 is 0. The molecule has 0 aliphatic rings. The van der Waals surface area contributed by atoms with Crippen molar-refractivity contribution < 1.29 is 9.90 Å². The fourth-order valence-electron chi connectivity index (χ4n) is 1.88. The first-order valence-electron chi connectivity index (χ1n) is 6.52. The van der Waals surface area contributed by atoms with Crippen LogP contribution in [-0.2, 0) is 17.6 Å². The number of aliphatic hydroxyl groups excluding tert-OH is 1. The Labute approximate surface area is 109 Å². The van der Waals surface area contributed by atoms with E-state index in [1.54, 1.807) is 18.9 Å². The first kappa shape index (κ1) is 14.7. The number of amides is 1. The van der Waals surface area contributed by atoms with Crippen LogP contribution in [0.5, 0.6) is 0 Å². The average Bonchev–Trinajstić information content (AvgIpc) is 2.35. The molecule has 3 nitrogen and oxygen atoms in total. The lowest BCUT2D eigenvalue weighted by atomic mass is 10.1. The number of hydrogen-bond donors (Lipinski definition) is 1. The molecule has 0 fully saturated rings. The van der Waals surface area contributed by atoms with Gasteiger partial charge in [-0.05, 0) is 30.9 Å². The SMILES string of the molecule is CCc1ccc(CCC(=O)N(C)CC(C)O)cc1. The number of carbonyl (C=O) groups is 1. The fourth-order valence-corrected chi connectivity index (χ4v) is 1.88. The smallest absolute Gasteiger partial charge is 0.222 e. The summed E-state index contributed by atoms with van der Waals surface area (Å²) in [5, 5.41) is 9.22. The quantitative estimate of drug-likeness (QED) is 0.838. The summed E-state index contributed by atoms with van der Waals surface area (Å²) in [6.07, 6.45) is 1.82. The van der Waals surface area contributed by atoms with Crippen molar-refractivity contribution in [3.8, 4) is 0 Å². The highest BCUT2D eigenvalue weighted by Crippen LogP contribution is 2.08. The zero-order valence-corrected chi connectivity index (χ0v) is 11.5. The summed E-state index contributed by atoms with van der Waals surface area (Å²) in [5.74, 6) is 0.0791. The van der Waals surface area contributed by atoms with Crippen molar-refractivity contribution in [2.24, 2.45) is 0 Å². The van der Waals surface area contributed by atoms with Crippen molar-refractivity contribution in [3.63, 3.8) is 0 Å². The van der Waals surface area contributed by atoms with Gasteiger partial charge < -0.3 is 10.0 Å². The van der Waals surface area contributed by atoms with Crippen LogP contribution in [0.4, 0.5) is 0 Å². The summed E-state index contributed by atoms with van der Waals surface area (Å²) in [7, 11) is 1.73. The van der Waals surface area contributed by atoms with Crippen LogP contribution in [0.25, 0.3) is 0 Å². The number of aliphatic hydroxyl groups is 1. The molecule has 18 heavy (non-hydrogen) atoms. The second kappa shape index (κ2) is 7.17. The molecule has 3 heteroatoms. The zero-order chi connectivity index (χ0) is 13.5. The third-order valence-corrected chi connectivity index (χ3v) is 3.02. The number of benzene rings is 1. The van der Waals surface area contributed by atoms with Gasteiger partial charge in [-0.1, -0.05) is 31.2 Å². The van der Waals surface area contributed by atoms with E-state index >= 15 is 0 Å². The second-order valence-corrected chi connectivity index (χ2v) is 4.79. The summed E-state index contributed by atoms with van der Waals surface area (Å²) >= 11 is 0. The summed E-state index contributed by atoms with van der Waals surface area (Å²) in [6.45, 7) is 4.21. The van der Waals surface area contributed by atoms with Gasteiger partial charge in [-0.3, -0.25) is 4.79 Å². The minimum atomic E-state index is -0.470. The highest BCUT2D eigenvalue weighted by molar-refractivity contribution is 5.76. The van der Waals surface area contributed by atoms with Crippen LogP contribution >= 0.6 is 0 Å². The number of aryl methyl sites for hydroxylation is 2. The van der Waals surface area contributed by atoms with E-state index in [1.807, 2.05) is 0 Å². The summed E-state index contributed by atoms with van der Waals surface area (Å²) in [4.78, 5) is 13.4. The Hall–Kier alpha value is -1.35. The van der Waals surface area contributed by atoms with Gasteiger partial charge in [-0.25, -0.2) is 0 Å². The van der Waals surface area contributed by atoms with Crippen LogP contribution in [0.1, 0.15) is 31.4 Å². The first-order valence-corrected chi connectivity index (χ1v) is 6.52. The van der Waals surface area contributed by atoms with Gasteiger partial charge in [0.2, 0.25) is 5.91 Å². The Morgan fingerprint density at radius 1 is 1.28 bits per heavy atom. The molecule has 0 aromatic heterocycles. The van der Waals surface area contributed by atoms with E-state index in [4.69, 9.17) is 0 Å². The molecular formula is C15H23NO2. The maximum atomic E-state index is 11.8. The number of hydrogen-bond acceptors (Lipinski definition) is 2. The van der Waals surface area contributed by atoms with Gasteiger partial charge in [0.05, 0.1) is 6.10 Å². The van der Waals surface area contributed by atoms with Gasteiger partial charge in [0.1, 0.15) is 0 Å². The fraction of sp³-hybridized carbons (Fsp3) is 0.533. The lowest BCUT2D eigenvalue weighted by molar-refractivity contribution is -0.131. The highest BCUT2D eigenvalue weighted by Gasteiger charge is 2.10. The third-order valence-electron chi connectivity index (χ3n) is 3.02. The molecule has 0 saturated carbocycles. The van der Waals surface area contributed by atoms with Crippen LogP contribution in [0.15, 0.2) is 24.3 Å². The lowest BCUT2D eigenvalue weighted by Gasteiger charge is -2.18. The van der Waals surface area contributed by atoms with E-state index in [1.165, 1.54) is 11.1 Å². The lowest BCUT2D eigenvalue weighted by Crippen LogP contribution is -2.33. The van der Waals surface area contributed by atoms with E-state index < -0.39 is 6.10 Å². The number of rotatable bonds is 6. The van der Waals surface area contributed by atoms with Gasteiger partial charge in [0, 0.05) is 20.0 Å². The van der Waals surface area contributed by atoms with Crippen molar-refractivity contribution in [2.45, 2.75) is 39.2 Å². The van der Waals surface area contributed by atoms with E-state index in [2.05, 4.69) is 31.2 Å². The molecule has 100 valence electrons. The molecule has 1 amide bonds. The van der Waals surface area contributed by atoms with Crippen LogP contribution < -0.4 is 0 Å². The van der Waals surface area contributed by atoms with Gasteiger partial charge in [-0.2, -0.15) is 0 Å². The largest absolute Gasteiger partial charge is 0.392 e. The van der Waals surface area contributed by atoms with E-state index in [0.717, 1.165) is 12.8 Å². The average molecular weight is 249 g/mol. The van der Waals surface area contributed by atoms with Crippen molar-refractivity contribution in [1.29, 1.82) is 0 Å². The van der Waals surface area contributed by atoms with Crippen molar-refractivity contribution in [1.82, 2.24) is 4.90 Å². The van der Waals surface area contributed by atoms with Crippen molar-refractivity contribution in [3.05, 3.63) is 35.4 Å². The van der Waals surface area contributed by atoms with Crippen molar-refractivity contribution >= 4 is 5.91 Å². The molecule has 0 radical (unpaired) electrons. The van der Waals surface area contributed by atoms with Gasteiger partial charge in [0.25, 0.3) is 0 Å². The molecular weight excluding hydrogens is 226 g/mol. The van der Waals surface area contributed by atoms with Crippen LogP contribution in [0.2, 0.25) is 0 Å².